The normalized spacial score (nSPS) is 10.4. The van der Waals surface area contributed by atoms with Crippen molar-refractivity contribution in [3.63, 3.8) is 0 Å². The minimum absolute atomic E-state index is 0.0704. The van der Waals surface area contributed by atoms with Crippen LogP contribution in [0.1, 0.15) is 16.9 Å². The molecule has 0 saturated heterocycles. The average Bonchev–Trinajstić information content (AvgIpc) is 2.96. The fraction of sp³-hybridized carbons (Fsp3) is 0.167. The van der Waals surface area contributed by atoms with E-state index in [0.29, 0.717) is 23.7 Å². The topological polar surface area (TPSA) is 80.0 Å². The first-order chi connectivity index (χ1) is 11.6. The van der Waals surface area contributed by atoms with Gasteiger partial charge in [-0.1, -0.05) is 29.4 Å². The summed E-state index contributed by atoms with van der Waals surface area (Å²) in [4.78, 5) is 16.4. The van der Waals surface area contributed by atoms with Gasteiger partial charge in [-0.3, -0.25) is 4.79 Å². The average molecular weight is 322 g/mol. The highest BCUT2D eigenvalue weighted by Crippen LogP contribution is 2.16. The van der Waals surface area contributed by atoms with E-state index < -0.39 is 0 Å². The van der Waals surface area contributed by atoms with Gasteiger partial charge in [-0.25, -0.2) is 4.98 Å². The number of anilines is 3. The SMILES string of the molecule is Cc1cc(Nc2ccc(NC(=O)Cc3ccccc3C)cn2)no1. The lowest BCUT2D eigenvalue weighted by molar-refractivity contribution is -0.115. The Bertz CT molecular complexity index is 840. The summed E-state index contributed by atoms with van der Waals surface area (Å²) in [6.07, 6.45) is 1.94. The summed E-state index contributed by atoms with van der Waals surface area (Å²) < 4.78 is 4.98. The lowest BCUT2D eigenvalue weighted by Gasteiger charge is -2.08. The van der Waals surface area contributed by atoms with Crippen molar-refractivity contribution in [2.24, 2.45) is 0 Å². The molecule has 0 unspecified atom stereocenters. The van der Waals surface area contributed by atoms with Crippen LogP contribution in [-0.4, -0.2) is 16.0 Å². The summed E-state index contributed by atoms with van der Waals surface area (Å²) in [5, 5.41) is 9.71. The number of aromatic nitrogens is 2. The van der Waals surface area contributed by atoms with E-state index in [1.54, 1.807) is 24.4 Å². The molecule has 0 atom stereocenters. The summed E-state index contributed by atoms with van der Waals surface area (Å²) >= 11 is 0. The Hall–Kier alpha value is -3.15. The minimum atomic E-state index is -0.0704. The third-order valence-corrected chi connectivity index (χ3v) is 3.54. The van der Waals surface area contributed by atoms with Gasteiger partial charge in [0.25, 0.3) is 0 Å². The van der Waals surface area contributed by atoms with Crippen LogP contribution in [0.3, 0.4) is 0 Å². The van der Waals surface area contributed by atoms with E-state index in [0.717, 1.165) is 16.9 Å². The van der Waals surface area contributed by atoms with E-state index in [1.807, 2.05) is 38.1 Å². The first-order valence-electron chi connectivity index (χ1n) is 7.61. The number of hydrogen-bond donors (Lipinski definition) is 2. The van der Waals surface area contributed by atoms with E-state index >= 15 is 0 Å². The molecular weight excluding hydrogens is 304 g/mol. The molecule has 6 heteroatoms. The lowest BCUT2D eigenvalue weighted by Crippen LogP contribution is -2.15. The van der Waals surface area contributed by atoms with Crippen molar-refractivity contribution < 1.29 is 9.32 Å². The number of amides is 1. The van der Waals surface area contributed by atoms with Gasteiger partial charge in [-0.2, -0.15) is 0 Å². The number of carbonyl (C=O) groups is 1. The van der Waals surface area contributed by atoms with E-state index in [4.69, 9.17) is 4.52 Å². The zero-order chi connectivity index (χ0) is 16.9. The number of nitrogens with one attached hydrogen (secondary N) is 2. The zero-order valence-corrected chi connectivity index (χ0v) is 13.5. The predicted octanol–water partition coefficient (Wildman–Crippen LogP) is 3.61. The maximum Gasteiger partial charge on any atom is 0.228 e. The second-order valence-electron chi connectivity index (χ2n) is 5.53. The molecule has 2 N–H and O–H groups in total. The number of benzene rings is 1. The molecule has 3 rings (SSSR count). The summed E-state index contributed by atoms with van der Waals surface area (Å²) in [6.45, 7) is 3.81. The molecule has 0 radical (unpaired) electrons. The Labute approximate surface area is 139 Å². The van der Waals surface area contributed by atoms with Crippen LogP contribution >= 0.6 is 0 Å². The maximum atomic E-state index is 12.1. The molecule has 0 aliphatic rings. The van der Waals surface area contributed by atoms with Gasteiger partial charge in [-0.05, 0) is 37.1 Å². The predicted molar refractivity (Wildman–Crippen MR) is 92.3 cm³/mol. The van der Waals surface area contributed by atoms with Crippen LogP contribution in [0, 0.1) is 13.8 Å². The second-order valence-corrected chi connectivity index (χ2v) is 5.53. The number of nitrogens with zero attached hydrogens (tertiary/aromatic N) is 2. The number of pyridine rings is 1. The molecule has 1 amide bonds. The molecule has 0 aliphatic heterocycles. The van der Waals surface area contributed by atoms with E-state index in [9.17, 15) is 4.79 Å². The van der Waals surface area contributed by atoms with Crippen LogP contribution in [0.5, 0.6) is 0 Å². The van der Waals surface area contributed by atoms with Crippen LogP contribution < -0.4 is 10.6 Å². The van der Waals surface area contributed by atoms with Crippen molar-refractivity contribution >= 4 is 23.2 Å². The smallest absolute Gasteiger partial charge is 0.228 e. The molecule has 0 fully saturated rings. The molecule has 2 heterocycles. The highest BCUT2D eigenvalue weighted by atomic mass is 16.5. The van der Waals surface area contributed by atoms with Crippen molar-refractivity contribution in [2.45, 2.75) is 20.3 Å². The standard InChI is InChI=1S/C18H18N4O2/c1-12-5-3-4-6-14(12)10-18(23)20-15-7-8-16(19-11-15)21-17-9-13(2)24-22-17/h3-9,11H,10H2,1-2H3,(H,20,23)(H,19,21,22). The Kier molecular flexibility index (Phi) is 4.56. The van der Waals surface area contributed by atoms with Gasteiger partial charge < -0.3 is 15.2 Å². The van der Waals surface area contributed by atoms with Gasteiger partial charge >= 0.3 is 0 Å². The van der Waals surface area contributed by atoms with Crippen LogP contribution in [0.4, 0.5) is 17.3 Å². The van der Waals surface area contributed by atoms with E-state index in [-0.39, 0.29) is 5.91 Å². The Morgan fingerprint density at radius 3 is 2.62 bits per heavy atom. The number of aryl methyl sites for hydroxylation is 2. The van der Waals surface area contributed by atoms with Crippen molar-refractivity contribution in [3.05, 3.63) is 65.5 Å². The van der Waals surface area contributed by atoms with Crippen LogP contribution in [-0.2, 0) is 11.2 Å². The molecule has 24 heavy (non-hydrogen) atoms. The Balaban J connectivity index is 1.59. The minimum Gasteiger partial charge on any atom is -0.360 e. The highest BCUT2D eigenvalue weighted by Gasteiger charge is 2.07. The lowest BCUT2D eigenvalue weighted by atomic mass is 10.1. The zero-order valence-electron chi connectivity index (χ0n) is 13.5. The molecule has 0 spiro atoms. The van der Waals surface area contributed by atoms with E-state index in [2.05, 4.69) is 20.8 Å². The third-order valence-electron chi connectivity index (χ3n) is 3.54. The van der Waals surface area contributed by atoms with Crippen molar-refractivity contribution in [1.29, 1.82) is 0 Å². The number of hydrogen-bond acceptors (Lipinski definition) is 5. The fourth-order valence-electron chi connectivity index (χ4n) is 2.28. The molecule has 1 aromatic carbocycles. The van der Waals surface area contributed by atoms with Gasteiger partial charge in [0.1, 0.15) is 11.6 Å². The summed E-state index contributed by atoms with van der Waals surface area (Å²) in [5.41, 5.74) is 2.77. The first-order valence-corrected chi connectivity index (χ1v) is 7.61. The highest BCUT2D eigenvalue weighted by molar-refractivity contribution is 5.92. The van der Waals surface area contributed by atoms with Crippen LogP contribution in [0.2, 0.25) is 0 Å². The Morgan fingerprint density at radius 1 is 1.12 bits per heavy atom. The number of carbonyl (C=O) groups excluding carboxylic acids is 1. The number of rotatable bonds is 5. The maximum absolute atomic E-state index is 12.1. The molecule has 122 valence electrons. The molecule has 3 aromatic rings. The molecule has 2 aromatic heterocycles. The van der Waals surface area contributed by atoms with Crippen molar-refractivity contribution in [1.82, 2.24) is 10.1 Å². The second kappa shape index (κ2) is 6.95. The van der Waals surface area contributed by atoms with Crippen molar-refractivity contribution in [3.8, 4) is 0 Å². The summed E-state index contributed by atoms with van der Waals surface area (Å²) in [5.74, 6) is 1.87. The summed E-state index contributed by atoms with van der Waals surface area (Å²) in [6, 6.07) is 13.2. The van der Waals surface area contributed by atoms with Gasteiger partial charge in [0.15, 0.2) is 5.82 Å². The molecule has 6 nitrogen and oxygen atoms in total. The fourth-order valence-corrected chi connectivity index (χ4v) is 2.28. The molecule has 0 saturated carbocycles. The monoisotopic (exact) mass is 322 g/mol. The summed E-state index contributed by atoms with van der Waals surface area (Å²) in [7, 11) is 0. The third kappa shape index (κ3) is 3.98. The Morgan fingerprint density at radius 2 is 1.96 bits per heavy atom. The molecule has 0 aliphatic carbocycles. The van der Waals surface area contributed by atoms with Gasteiger partial charge in [0.05, 0.1) is 18.3 Å². The van der Waals surface area contributed by atoms with Gasteiger partial charge in [0, 0.05) is 6.07 Å². The largest absolute Gasteiger partial charge is 0.360 e. The molecular formula is C18H18N4O2. The van der Waals surface area contributed by atoms with Gasteiger partial charge in [0.2, 0.25) is 5.91 Å². The first kappa shape index (κ1) is 15.7. The van der Waals surface area contributed by atoms with Crippen LogP contribution in [0.15, 0.2) is 53.2 Å². The van der Waals surface area contributed by atoms with E-state index in [1.165, 1.54) is 0 Å². The molecule has 0 bridgehead atoms. The quantitative estimate of drug-likeness (QED) is 0.750. The van der Waals surface area contributed by atoms with Gasteiger partial charge in [-0.15, -0.1) is 0 Å². The van der Waals surface area contributed by atoms with Crippen LogP contribution in [0.25, 0.3) is 0 Å². The van der Waals surface area contributed by atoms with Crippen molar-refractivity contribution in [2.75, 3.05) is 10.6 Å².